The maximum absolute atomic E-state index is 11.9. The lowest BCUT2D eigenvalue weighted by molar-refractivity contribution is -0.125. The highest BCUT2D eigenvalue weighted by Gasteiger charge is 2.09. The number of para-hydroxylation sites is 3. The molecule has 0 radical (unpaired) electrons. The van der Waals surface area contributed by atoms with Gasteiger partial charge >= 0.3 is 0 Å². The van der Waals surface area contributed by atoms with Crippen LogP contribution in [0.25, 0.3) is 0 Å². The van der Waals surface area contributed by atoms with E-state index in [1.807, 2.05) is 31.2 Å². The zero-order valence-corrected chi connectivity index (χ0v) is 13.7. The summed E-state index contributed by atoms with van der Waals surface area (Å²) >= 11 is 0. The van der Waals surface area contributed by atoms with Crippen LogP contribution in [0, 0.1) is 6.92 Å². The van der Waals surface area contributed by atoms with Crippen LogP contribution in [0.2, 0.25) is 0 Å². The van der Waals surface area contributed by atoms with E-state index in [-0.39, 0.29) is 25.0 Å². The highest BCUT2D eigenvalue weighted by molar-refractivity contribution is 5.95. The maximum atomic E-state index is 11.9. The Labute approximate surface area is 140 Å². The summed E-state index contributed by atoms with van der Waals surface area (Å²) < 4.78 is 10.5. The van der Waals surface area contributed by atoms with Gasteiger partial charge in [0.05, 0.1) is 13.7 Å². The van der Waals surface area contributed by atoms with Gasteiger partial charge in [-0.05, 0) is 30.7 Å². The van der Waals surface area contributed by atoms with Crippen molar-refractivity contribution in [1.82, 2.24) is 5.32 Å². The molecule has 24 heavy (non-hydrogen) atoms. The minimum absolute atomic E-state index is 0.123. The predicted octanol–water partition coefficient (Wildman–Crippen LogP) is 2.14. The number of hydrogen-bond acceptors (Lipinski definition) is 4. The molecule has 0 heterocycles. The van der Waals surface area contributed by atoms with E-state index in [0.717, 1.165) is 11.3 Å². The third-order valence-electron chi connectivity index (χ3n) is 3.29. The van der Waals surface area contributed by atoms with Crippen molar-refractivity contribution in [2.24, 2.45) is 0 Å². The lowest BCUT2D eigenvalue weighted by Gasteiger charge is -2.11. The van der Waals surface area contributed by atoms with Gasteiger partial charge in [0.25, 0.3) is 5.91 Å². The number of carbonyl (C=O) groups excluding carboxylic acids is 2. The van der Waals surface area contributed by atoms with Crippen LogP contribution in [0.3, 0.4) is 0 Å². The van der Waals surface area contributed by atoms with E-state index in [2.05, 4.69) is 10.6 Å². The van der Waals surface area contributed by atoms with Gasteiger partial charge in [-0.15, -0.1) is 0 Å². The minimum Gasteiger partial charge on any atom is -0.493 e. The Hall–Kier alpha value is -3.02. The second-order valence-electron chi connectivity index (χ2n) is 5.08. The fraction of sp³-hybridized carbons (Fsp3) is 0.222. The van der Waals surface area contributed by atoms with Gasteiger partial charge in [0.1, 0.15) is 0 Å². The van der Waals surface area contributed by atoms with E-state index in [1.54, 1.807) is 24.3 Å². The van der Waals surface area contributed by atoms with Crippen LogP contribution in [-0.4, -0.2) is 32.1 Å². The molecule has 2 N–H and O–H groups in total. The molecule has 0 unspecified atom stereocenters. The summed E-state index contributed by atoms with van der Waals surface area (Å²) in [6, 6.07) is 14.5. The second-order valence-corrected chi connectivity index (χ2v) is 5.08. The summed E-state index contributed by atoms with van der Waals surface area (Å²) in [5, 5.41) is 5.26. The number of aryl methyl sites for hydroxylation is 1. The van der Waals surface area contributed by atoms with Gasteiger partial charge in [-0.2, -0.15) is 0 Å². The Morgan fingerprint density at radius 2 is 1.62 bits per heavy atom. The number of anilines is 1. The van der Waals surface area contributed by atoms with Gasteiger partial charge in [-0.25, -0.2) is 0 Å². The summed E-state index contributed by atoms with van der Waals surface area (Å²) in [5.41, 5.74) is 1.68. The van der Waals surface area contributed by atoms with Crippen LogP contribution < -0.4 is 20.1 Å². The summed E-state index contributed by atoms with van der Waals surface area (Å²) in [7, 11) is 1.53. The Balaban J connectivity index is 1.77. The lowest BCUT2D eigenvalue weighted by Crippen LogP contribution is -2.35. The molecule has 0 saturated carbocycles. The second kappa shape index (κ2) is 8.57. The number of amides is 2. The molecular formula is C18H20N2O4. The van der Waals surface area contributed by atoms with Gasteiger partial charge in [-0.3, -0.25) is 9.59 Å². The Morgan fingerprint density at radius 3 is 2.33 bits per heavy atom. The van der Waals surface area contributed by atoms with Crippen molar-refractivity contribution in [3.05, 3.63) is 54.1 Å². The molecule has 0 aromatic heterocycles. The number of rotatable bonds is 7. The molecule has 0 spiro atoms. The number of ether oxygens (including phenoxy) is 2. The van der Waals surface area contributed by atoms with Crippen molar-refractivity contribution in [3.8, 4) is 11.5 Å². The predicted molar refractivity (Wildman–Crippen MR) is 91.3 cm³/mol. The van der Waals surface area contributed by atoms with Crippen molar-refractivity contribution >= 4 is 17.5 Å². The average molecular weight is 328 g/mol. The molecule has 0 bridgehead atoms. The molecule has 2 amide bonds. The molecule has 0 saturated heterocycles. The molecule has 0 atom stereocenters. The van der Waals surface area contributed by atoms with Crippen molar-refractivity contribution < 1.29 is 19.1 Å². The molecule has 2 aromatic carbocycles. The van der Waals surface area contributed by atoms with Crippen molar-refractivity contribution in [2.45, 2.75) is 6.92 Å². The molecule has 0 aliphatic rings. The van der Waals surface area contributed by atoms with E-state index in [4.69, 9.17) is 9.47 Å². The Kier molecular flexibility index (Phi) is 6.19. The summed E-state index contributed by atoms with van der Waals surface area (Å²) in [4.78, 5) is 23.6. The fourth-order valence-corrected chi connectivity index (χ4v) is 2.02. The number of benzene rings is 2. The zero-order chi connectivity index (χ0) is 17.4. The van der Waals surface area contributed by atoms with E-state index >= 15 is 0 Å². The third kappa shape index (κ3) is 5.01. The summed E-state index contributed by atoms with van der Waals surface area (Å²) in [6.45, 7) is 1.58. The maximum Gasteiger partial charge on any atom is 0.258 e. The molecule has 2 rings (SSSR count). The zero-order valence-electron chi connectivity index (χ0n) is 13.7. The van der Waals surface area contributed by atoms with E-state index in [0.29, 0.717) is 11.5 Å². The summed E-state index contributed by atoms with van der Waals surface area (Å²) in [5.74, 6) is 0.331. The van der Waals surface area contributed by atoms with Crippen LogP contribution in [0.4, 0.5) is 5.69 Å². The van der Waals surface area contributed by atoms with E-state index in [9.17, 15) is 9.59 Å². The first-order valence-corrected chi connectivity index (χ1v) is 7.48. The Morgan fingerprint density at radius 1 is 0.958 bits per heavy atom. The van der Waals surface area contributed by atoms with Gasteiger partial charge in [0.2, 0.25) is 5.91 Å². The molecule has 2 aromatic rings. The quantitative estimate of drug-likeness (QED) is 0.816. The molecule has 6 heteroatoms. The van der Waals surface area contributed by atoms with Crippen LogP contribution in [0.5, 0.6) is 11.5 Å². The summed E-state index contributed by atoms with van der Waals surface area (Å²) in [6.07, 6.45) is 0. The van der Waals surface area contributed by atoms with Crippen LogP contribution in [0.15, 0.2) is 48.5 Å². The number of hydrogen-bond donors (Lipinski definition) is 2. The molecule has 0 aliphatic heterocycles. The van der Waals surface area contributed by atoms with Gasteiger partial charge in [0.15, 0.2) is 18.1 Å². The first-order valence-electron chi connectivity index (χ1n) is 7.48. The first kappa shape index (κ1) is 17.3. The van der Waals surface area contributed by atoms with Crippen molar-refractivity contribution in [2.75, 3.05) is 25.6 Å². The normalized spacial score (nSPS) is 9.92. The lowest BCUT2D eigenvalue weighted by atomic mass is 10.2. The molecular weight excluding hydrogens is 308 g/mol. The number of methoxy groups -OCH3 is 1. The largest absolute Gasteiger partial charge is 0.493 e. The SMILES string of the molecule is COc1ccccc1OCC(=O)NCC(=O)Nc1ccccc1C. The fourth-order valence-electron chi connectivity index (χ4n) is 2.02. The smallest absolute Gasteiger partial charge is 0.258 e. The standard InChI is InChI=1S/C18H20N2O4/c1-13-7-3-4-8-14(13)20-17(21)11-19-18(22)12-24-16-10-6-5-9-15(16)23-2/h3-10H,11-12H2,1-2H3,(H,19,22)(H,20,21). The molecule has 0 aliphatic carbocycles. The van der Waals surface area contributed by atoms with Crippen LogP contribution in [0.1, 0.15) is 5.56 Å². The van der Waals surface area contributed by atoms with Gasteiger partial charge < -0.3 is 20.1 Å². The highest BCUT2D eigenvalue weighted by atomic mass is 16.5. The topological polar surface area (TPSA) is 76.7 Å². The average Bonchev–Trinajstić information content (AvgIpc) is 2.60. The number of nitrogens with one attached hydrogen (secondary N) is 2. The van der Waals surface area contributed by atoms with Crippen molar-refractivity contribution in [1.29, 1.82) is 0 Å². The first-order chi connectivity index (χ1) is 11.6. The highest BCUT2D eigenvalue weighted by Crippen LogP contribution is 2.25. The van der Waals surface area contributed by atoms with Gasteiger partial charge in [-0.1, -0.05) is 30.3 Å². The van der Waals surface area contributed by atoms with E-state index in [1.165, 1.54) is 7.11 Å². The van der Waals surface area contributed by atoms with Gasteiger partial charge in [0, 0.05) is 5.69 Å². The molecule has 126 valence electrons. The minimum atomic E-state index is -0.388. The van der Waals surface area contributed by atoms with Crippen LogP contribution >= 0.6 is 0 Å². The molecule has 0 fully saturated rings. The van der Waals surface area contributed by atoms with E-state index < -0.39 is 0 Å². The number of carbonyl (C=O) groups is 2. The monoisotopic (exact) mass is 328 g/mol. The van der Waals surface area contributed by atoms with Crippen LogP contribution in [-0.2, 0) is 9.59 Å². The van der Waals surface area contributed by atoms with Crippen molar-refractivity contribution in [3.63, 3.8) is 0 Å². The Bertz CT molecular complexity index is 716. The molecule has 6 nitrogen and oxygen atoms in total. The third-order valence-corrected chi connectivity index (χ3v) is 3.29.